The van der Waals surface area contributed by atoms with Crippen LogP contribution in [0.5, 0.6) is 0 Å². The van der Waals surface area contributed by atoms with Crippen molar-refractivity contribution in [1.82, 2.24) is 5.32 Å². The average Bonchev–Trinajstić information content (AvgIpc) is 2.66. The summed E-state index contributed by atoms with van der Waals surface area (Å²) in [4.78, 5) is 0. The van der Waals surface area contributed by atoms with E-state index in [1.165, 1.54) is 25.7 Å². The standard InChI is InChI=1S/C8H16N/c1-3-8(9-2)6-7-4-5-7/h7-9H,2-6H2,1H3. The lowest BCUT2D eigenvalue weighted by atomic mass is 10.1. The summed E-state index contributed by atoms with van der Waals surface area (Å²) in [5.74, 6) is 1.03. The highest BCUT2D eigenvalue weighted by atomic mass is 14.9. The van der Waals surface area contributed by atoms with Gasteiger partial charge in [-0.1, -0.05) is 19.8 Å². The molecule has 1 unspecified atom stereocenters. The monoisotopic (exact) mass is 126 g/mol. The topological polar surface area (TPSA) is 12.0 Å². The smallest absolute Gasteiger partial charge is 0.00794 e. The molecule has 0 aromatic carbocycles. The quantitative estimate of drug-likeness (QED) is 0.607. The fourth-order valence-corrected chi connectivity index (χ4v) is 1.15. The van der Waals surface area contributed by atoms with E-state index in [1.807, 2.05) is 0 Å². The number of hydrogen-bond acceptors (Lipinski definition) is 1. The predicted octanol–water partition coefficient (Wildman–Crippen LogP) is 1.95. The minimum absolute atomic E-state index is 0.678. The van der Waals surface area contributed by atoms with Gasteiger partial charge in [-0.05, 0) is 18.8 Å². The normalized spacial score (nSPS) is 22.0. The van der Waals surface area contributed by atoms with Gasteiger partial charge in [0.1, 0.15) is 0 Å². The minimum atomic E-state index is 0.678. The third-order valence-electron chi connectivity index (χ3n) is 2.10. The van der Waals surface area contributed by atoms with E-state index < -0.39 is 0 Å². The lowest BCUT2D eigenvalue weighted by Gasteiger charge is -2.11. The van der Waals surface area contributed by atoms with E-state index >= 15 is 0 Å². The fourth-order valence-electron chi connectivity index (χ4n) is 1.15. The Morgan fingerprint density at radius 3 is 2.67 bits per heavy atom. The first-order valence-corrected chi connectivity index (χ1v) is 3.89. The van der Waals surface area contributed by atoms with Crippen LogP contribution in [0.3, 0.4) is 0 Å². The summed E-state index contributed by atoms with van der Waals surface area (Å²) in [7, 11) is 3.69. The van der Waals surface area contributed by atoms with Crippen LogP contribution in [-0.4, -0.2) is 6.04 Å². The molecule has 0 bridgehead atoms. The van der Waals surface area contributed by atoms with Gasteiger partial charge in [-0.3, -0.25) is 0 Å². The van der Waals surface area contributed by atoms with Crippen LogP contribution in [0.2, 0.25) is 0 Å². The molecule has 1 heteroatoms. The molecule has 1 fully saturated rings. The van der Waals surface area contributed by atoms with Gasteiger partial charge in [0, 0.05) is 13.1 Å². The van der Waals surface area contributed by atoms with Crippen LogP contribution in [0.4, 0.5) is 0 Å². The molecule has 0 spiro atoms. The maximum atomic E-state index is 3.69. The van der Waals surface area contributed by atoms with Crippen molar-refractivity contribution < 1.29 is 0 Å². The summed E-state index contributed by atoms with van der Waals surface area (Å²) in [6.07, 6.45) is 5.48. The van der Waals surface area contributed by atoms with E-state index in [4.69, 9.17) is 0 Å². The largest absolute Gasteiger partial charge is 0.313 e. The molecule has 1 atom stereocenters. The van der Waals surface area contributed by atoms with Crippen molar-refractivity contribution in [2.45, 2.75) is 38.6 Å². The number of nitrogens with one attached hydrogen (secondary N) is 1. The number of hydrogen-bond donors (Lipinski definition) is 1. The highest BCUT2D eigenvalue weighted by Gasteiger charge is 2.23. The highest BCUT2D eigenvalue weighted by molar-refractivity contribution is 4.79. The van der Waals surface area contributed by atoms with Gasteiger partial charge in [0.05, 0.1) is 0 Å². The molecule has 53 valence electrons. The molecule has 0 heterocycles. The Morgan fingerprint density at radius 2 is 2.33 bits per heavy atom. The zero-order valence-electron chi connectivity index (χ0n) is 6.19. The molecule has 1 rings (SSSR count). The van der Waals surface area contributed by atoms with Gasteiger partial charge < -0.3 is 5.32 Å². The van der Waals surface area contributed by atoms with E-state index in [-0.39, 0.29) is 0 Å². The van der Waals surface area contributed by atoms with Gasteiger partial charge in [-0.15, -0.1) is 0 Å². The van der Waals surface area contributed by atoms with E-state index in [0.29, 0.717) is 6.04 Å². The second-order valence-electron chi connectivity index (χ2n) is 2.99. The fraction of sp³-hybridized carbons (Fsp3) is 0.875. The van der Waals surface area contributed by atoms with Crippen LogP contribution in [0, 0.1) is 13.0 Å². The lowest BCUT2D eigenvalue weighted by Crippen LogP contribution is -2.22. The molecule has 1 aliphatic carbocycles. The Hall–Kier alpha value is -0.0400. The van der Waals surface area contributed by atoms with Gasteiger partial charge in [0.15, 0.2) is 0 Å². The van der Waals surface area contributed by atoms with E-state index in [0.717, 1.165) is 5.92 Å². The molecule has 0 amide bonds. The molecule has 0 aliphatic heterocycles. The molecule has 1 aliphatic rings. The summed E-state index contributed by atoms with van der Waals surface area (Å²) in [5, 5.41) is 3.07. The van der Waals surface area contributed by atoms with Crippen molar-refractivity contribution in [1.29, 1.82) is 0 Å². The van der Waals surface area contributed by atoms with Crippen molar-refractivity contribution in [3.63, 3.8) is 0 Å². The zero-order valence-corrected chi connectivity index (χ0v) is 6.19. The van der Waals surface area contributed by atoms with Gasteiger partial charge in [0.2, 0.25) is 0 Å². The summed E-state index contributed by atoms with van der Waals surface area (Å²) in [6, 6.07) is 0.678. The van der Waals surface area contributed by atoms with Gasteiger partial charge in [-0.25, -0.2) is 0 Å². The summed E-state index contributed by atoms with van der Waals surface area (Å²) in [5.41, 5.74) is 0. The molecule has 1 nitrogen and oxygen atoms in total. The van der Waals surface area contributed by atoms with Crippen LogP contribution < -0.4 is 5.32 Å². The zero-order chi connectivity index (χ0) is 6.69. The molecular formula is C8H16N. The molecule has 0 saturated heterocycles. The first-order valence-electron chi connectivity index (χ1n) is 3.89. The average molecular weight is 126 g/mol. The molecular weight excluding hydrogens is 110 g/mol. The number of rotatable bonds is 4. The third-order valence-corrected chi connectivity index (χ3v) is 2.10. The maximum absolute atomic E-state index is 3.69. The second kappa shape index (κ2) is 3.21. The van der Waals surface area contributed by atoms with E-state index in [9.17, 15) is 0 Å². The van der Waals surface area contributed by atoms with Crippen LogP contribution in [0.15, 0.2) is 0 Å². The van der Waals surface area contributed by atoms with Crippen LogP contribution in [0.25, 0.3) is 0 Å². The Morgan fingerprint density at radius 1 is 1.67 bits per heavy atom. The van der Waals surface area contributed by atoms with Crippen molar-refractivity contribution in [2.75, 3.05) is 0 Å². The summed E-state index contributed by atoms with van der Waals surface area (Å²) in [6.45, 7) is 2.21. The van der Waals surface area contributed by atoms with Gasteiger partial charge in [0.25, 0.3) is 0 Å². The second-order valence-corrected chi connectivity index (χ2v) is 2.99. The Balaban J connectivity index is 2.05. The van der Waals surface area contributed by atoms with Crippen LogP contribution in [-0.2, 0) is 0 Å². The van der Waals surface area contributed by atoms with Gasteiger partial charge in [-0.2, -0.15) is 0 Å². The van der Waals surface area contributed by atoms with Crippen molar-refractivity contribution in [3.8, 4) is 0 Å². The molecule has 1 N–H and O–H groups in total. The Labute approximate surface area is 57.8 Å². The van der Waals surface area contributed by atoms with E-state index in [2.05, 4.69) is 19.3 Å². The van der Waals surface area contributed by atoms with Gasteiger partial charge >= 0.3 is 0 Å². The minimum Gasteiger partial charge on any atom is -0.313 e. The van der Waals surface area contributed by atoms with E-state index in [1.54, 1.807) is 0 Å². The molecule has 0 aromatic heterocycles. The molecule has 1 radical (unpaired) electrons. The van der Waals surface area contributed by atoms with Crippen molar-refractivity contribution in [3.05, 3.63) is 7.05 Å². The van der Waals surface area contributed by atoms with Crippen molar-refractivity contribution in [2.24, 2.45) is 5.92 Å². The first kappa shape index (κ1) is 7.07. The Kier molecular flexibility index (Phi) is 2.52. The lowest BCUT2D eigenvalue weighted by molar-refractivity contribution is 0.495. The summed E-state index contributed by atoms with van der Waals surface area (Å²) >= 11 is 0. The molecule has 1 saturated carbocycles. The first-order chi connectivity index (χ1) is 4.36. The van der Waals surface area contributed by atoms with Crippen molar-refractivity contribution >= 4 is 0 Å². The third kappa shape index (κ3) is 2.35. The maximum Gasteiger partial charge on any atom is 0.00794 e. The molecule has 9 heavy (non-hydrogen) atoms. The highest BCUT2D eigenvalue weighted by Crippen LogP contribution is 2.33. The Bertz CT molecular complexity index is 72.6. The van der Waals surface area contributed by atoms with Crippen LogP contribution >= 0.6 is 0 Å². The molecule has 0 aromatic rings. The summed E-state index contributed by atoms with van der Waals surface area (Å²) < 4.78 is 0. The van der Waals surface area contributed by atoms with Crippen LogP contribution in [0.1, 0.15) is 32.6 Å². The predicted molar refractivity (Wildman–Crippen MR) is 39.9 cm³/mol. The SMILES string of the molecule is [CH2]NC(CC)CC1CC1.